The van der Waals surface area contributed by atoms with Crippen LogP contribution in [0.4, 0.5) is 13.2 Å². The summed E-state index contributed by atoms with van der Waals surface area (Å²) >= 11 is 0. The van der Waals surface area contributed by atoms with Crippen LogP contribution in [0.3, 0.4) is 0 Å². The Morgan fingerprint density at radius 3 is 2.59 bits per heavy atom. The average Bonchev–Trinajstić information content (AvgIpc) is 3.28. The maximum Gasteiger partial charge on any atom is 0.416 e. The molecular formula is C24H16F3NO6. The van der Waals surface area contributed by atoms with Crippen LogP contribution < -0.4 is 18.9 Å². The van der Waals surface area contributed by atoms with Crippen molar-refractivity contribution in [2.75, 3.05) is 6.79 Å². The highest BCUT2D eigenvalue weighted by atomic mass is 19.4. The maximum absolute atomic E-state index is 13.7. The lowest BCUT2D eigenvalue weighted by atomic mass is 10.0. The van der Waals surface area contributed by atoms with Crippen molar-refractivity contribution in [1.82, 2.24) is 0 Å². The second-order valence-corrected chi connectivity index (χ2v) is 7.17. The third-order valence-electron chi connectivity index (χ3n) is 4.93. The molecule has 1 aliphatic heterocycles. The molecule has 7 nitrogen and oxygen atoms in total. The van der Waals surface area contributed by atoms with Gasteiger partial charge < -0.3 is 24.1 Å². The third-order valence-corrected chi connectivity index (χ3v) is 4.93. The number of hydrogen-bond donors (Lipinski definition) is 1. The van der Waals surface area contributed by atoms with Gasteiger partial charge in [0.25, 0.3) is 0 Å². The molecule has 0 saturated carbocycles. The zero-order valence-electron chi connectivity index (χ0n) is 17.3. The third kappa shape index (κ3) is 4.83. The van der Waals surface area contributed by atoms with Crippen molar-refractivity contribution >= 4 is 5.97 Å². The van der Waals surface area contributed by atoms with Crippen molar-refractivity contribution < 1.29 is 42.0 Å². The number of aliphatic carboxylic acids is 1. The molecule has 1 unspecified atom stereocenters. The van der Waals surface area contributed by atoms with E-state index in [2.05, 4.69) is 0 Å². The van der Waals surface area contributed by atoms with Crippen molar-refractivity contribution in [2.45, 2.75) is 18.9 Å². The molecule has 4 rings (SSSR count). The fraction of sp³-hybridized carbons (Fsp3) is 0.167. The minimum Gasteiger partial charge on any atom is -0.489 e. The molecule has 0 amide bonds. The van der Waals surface area contributed by atoms with E-state index in [1.807, 2.05) is 6.07 Å². The molecule has 10 heteroatoms. The van der Waals surface area contributed by atoms with Crippen LogP contribution in [0.1, 0.15) is 28.4 Å². The summed E-state index contributed by atoms with van der Waals surface area (Å²) in [5.41, 5.74) is -1.20. The number of para-hydroxylation sites is 1. The second kappa shape index (κ2) is 9.23. The van der Waals surface area contributed by atoms with Gasteiger partial charge in [-0.25, -0.2) is 4.79 Å². The van der Waals surface area contributed by atoms with Crippen molar-refractivity contribution in [2.24, 2.45) is 0 Å². The fourth-order valence-corrected chi connectivity index (χ4v) is 3.34. The number of ether oxygens (including phenoxy) is 4. The average molecular weight is 471 g/mol. The van der Waals surface area contributed by atoms with Crippen LogP contribution in [0.15, 0.2) is 60.7 Å². The summed E-state index contributed by atoms with van der Waals surface area (Å²) in [4.78, 5) is 11.9. The first-order valence-electron chi connectivity index (χ1n) is 9.87. The molecule has 1 aliphatic rings. The Bertz CT molecular complexity index is 1270. The van der Waals surface area contributed by atoms with E-state index in [0.717, 1.165) is 18.2 Å². The molecule has 1 heterocycles. The maximum atomic E-state index is 13.7. The first kappa shape index (κ1) is 22.8. The Labute approximate surface area is 191 Å². The van der Waals surface area contributed by atoms with Gasteiger partial charge in [0.1, 0.15) is 24.2 Å². The van der Waals surface area contributed by atoms with E-state index in [0.29, 0.717) is 17.1 Å². The van der Waals surface area contributed by atoms with Gasteiger partial charge in [0, 0.05) is 5.56 Å². The number of rotatable bonds is 7. The topological polar surface area (TPSA) is 98.0 Å². The van der Waals surface area contributed by atoms with Crippen molar-refractivity contribution in [1.29, 1.82) is 5.26 Å². The predicted octanol–water partition coefficient (Wildman–Crippen LogP) is 5.09. The summed E-state index contributed by atoms with van der Waals surface area (Å²) in [6.07, 6.45) is -6.89. The predicted molar refractivity (Wildman–Crippen MR) is 111 cm³/mol. The Balaban J connectivity index is 1.65. The fourth-order valence-electron chi connectivity index (χ4n) is 3.34. The van der Waals surface area contributed by atoms with Gasteiger partial charge in [-0.3, -0.25) is 0 Å². The van der Waals surface area contributed by atoms with E-state index >= 15 is 0 Å². The van der Waals surface area contributed by atoms with Gasteiger partial charge in [0.05, 0.1) is 11.1 Å². The van der Waals surface area contributed by atoms with Gasteiger partial charge in [-0.15, -0.1) is 0 Å². The van der Waals surface area contributed by atoms with Gasteiger partial charge in [-0.1, -0.05) is 18.2 Å². The molecule has 0 saturated heterocycles. The SMILES string of the molecule is N#Cc1ccccc1OC(C(=O)O)c1cc(OCc2ccc3c(c2)OCO3)ccc1C(F)(F)F. The monoisotopic (exact) mass is 471 g/mol. The van der Waals surface area contributed by atoms with E-state index in [-0.39, 0.29) is 30.5 Å². The van der Waals surface area contributed by atoms with Crippen LogP contribution in [-0.4, -0.2) is 17.9 Å². The molecule has 3 aromatic rings. The number of carbonyl (C=O) groups is 1. The minimum absolute atomic E-state index is 0.00378. The molecule has 0 aromatic heterocycles. The number of alkyl halides is 3. The van der Waals surface area contributed by atoms with Gasteiger partial charge in [0.2, 0.25) is 12.9 Å². The van der Waals surface area contributed by atoms with Crippen LogP contribution in [0, 0.1) is 11.3 Å². The smallest absolute Gasteiger partial charge is 0.416 e. The number of hydrogen-bond acceptors (Lipinski definition) is 6. The summed E-state index contributed by atoms with van der Waals surface area (Å²) in [6.45, 7) is 0.0741. The molecule has 0 radical (unpaired) electrons. The Hall–Kier alpha value is -4.39. The van der Waals surface area contributed by atoms with Crippen LogP contribution >= 0.6 is 0 Å². The van der Waals surface area contributed by atoms with Crippen molar-refractivity contribution in [3.05, 3.63) is 82.9 Å². The first-order valence-corrected chi connectivity index (χ1v) is 9.87. The number of fused-ring (bicyclic) bond motifs is 1. The zero-order valence-corrected chi connectivity index (χ0v) is 17.3. The number of carboxylic acids is 1. The van der Waals surface area contributed by atoms with Gasteiger partial charge in [-0.2, -0.15) is 18.4 Å². The normalized spacial score (nSPS) is 13.1. The van der Waals surface area contributed by atoms with Crippen LogP contribution in [0.2, 0.25) is 0 Å². The van der Waals surface area contributed by atoms with Crippen LogP contribution in [0.25, 0.3) is 0 Å². The summed E-state index contributed by atoms with van der Waals surface area (Å²) in [5.74, 6) is -0.725. The molecule has 0 spiro atoms. The molecule has 34 heavy (non-hydrogen) atoms. The summed E-state index contributed by atoms with van der Waals surface area (Å²) in [7, 11) is 0. The lowest BCUT2D eigenvalue weighted by Gasteiger charge is -2.21. The molecule has 1 atom stereocenters. The number of halogens is 3. The van der Waals surface area contributed by atoms with E-state index in [1.165, 1.54) is 24.3 Å². The molecule has 0 aliphatic carbocycles. The Kier molecular flexibility index (Phi) is 6.19. The van der Waals surface area contributed by atoms with E-state index in [1.54, 1.807) is 18.2 Å². The quantitative estimate of drug-likeness (QED) is 0.513. The molecule has 174 valence electrons. The molecular weight excluding hydrogens is 455 g/mol. The van der Waals surface area contributed by atoms with Crippen LogP contribution in [0.5, 0.6) is 23.0 Å². The second-order valence-electron chi connectivity index (χ2n) is 7.17. The number of benzene rings is 3. The largest absolute Gasteiger partial charge is 0.489 e. The standard InChI is InChI=1S/C24H16F3NO6/c25-24(26,27)18-7-6-16(31-12-14-5-8-20-21(9-14)33-13-32-20)10-17(18)22(23(29)30)34-19-4-2-1-3-15(19)11-28/h1-10,22H,12-13H2,(H,29,30). The lowest BCUT2D eigenvalue weighted by Crippen LogP contribution is -2.23. The minimum atomic E-state index is -4.85. The van der Waals surface area contributed by atoms with E-state index in [9.17, 15) is 28.3 Å². The van der Waals surface area contributed by atoms with Crippen molar-refractivity contribution in [3.8, 4) is 29.1 Å². The van der Waals surface area contributed by atoms with Gasteiger partial charge in [0.15, 0.2) is 11.5 Å². The molecule has 0 bridgehead atoms. The number of carboxylic acid groups (broad SMARTS) is 1. The highest BCUT2D eigenvalue weighted by Crippen LogP contribution is 2.39. The summed E-state index contributed by atoms with van der Waals surface area (Å²) in [5, 5.41) is 18.9. The van der Waals surface area contributed by atoms with Gasteiger partial charge >= 0.3 is 12.1 Å². The number of nitrogens with zero attached hydrogens (tertiary/aromatic N) is 1. The highest BCUT2D eigenvalue weighted by Gasteiger charge is 2.38. The van der Waals surface area contributed by atoms with Crippen molar-refractivity contribution in [3.63, 3.8) is 0 Å². The Morgan fingerprint density at radius 2 is 1.85 bits per heavy atom. The molecule has 3 aromatic carbocycles. The highest BCUT2D eigenvalue weighted by molar-refractivity contribution is 5.76. The lowest BCUT2D eigenvalue weighted by molar-refractivity contribution is -0.147. The van der Waals surface area contributed by atoms with E-state index in [4.69, 9.17) is 18.9 Å². The zero-order chi connectivity index (χ0) is 24.3. The first-order chi connectivity index (χ1) is 16.3. The Morgan fingerprint density at radius 1 is 1.09 bits per heavy atom. The van der Waals surface area contributed by atoms with Crippen LogP contribution in [-0.2, 0) is 17.6 Å². The van der Waals surface area contributed by atoms with E-state index < -0.39 is 29.4 Å². The summed E-state index contributed by atoms with van der Waals surface area (Å²) in [6, 6.07) is 15.4. The van der Waals surface area contributed by atoms with Gasteiger partial charge in [-0.05, 0) is 48.0 Å². The number of nitriles is 1. The summed E-state index contributed by atoms with van der Waals surface area (Å²) < 4.78 is 62.6. The molecule has 1 N–H and O–H groups in total. The molecule has 0 fully saturated rings.